The smallest absolute Gasteiger partial charge is 0.0637 e. The summed E-state index contributed by atoms with van der Waals surface area (Å²) in [6.45, 7) is 12.2. The Bertz CT molecular complexity index is 1060. The van der Waals surface area contributed by atoms with Crippen LogP contribution in [-0.2, 0) is 14.2 Å². The van der Waals surface area contributed by atoms with Crippen molar-refractivity contribution in [3.8, 4) is 0 Å². The van der Waals surface area contributed by atoms with Crippen LogP contribution in [-0.4, -0.2) is 57.8 Å². The van der Waals surface area contributed by atoms with Gasteiger partial charge in [0.05, 0.1) is 38.1 Å². The van der Waals surface area contributed by atoms with Crippen molar-refractivity contribution < 1.29 is 14.2 Å². The van der Waals surface area contributed by atoms with E-state index in [0.29, 0.717) is 75.0 Å². The van der Waals surface area contributed by atoms with Gasteiger partial charge in [0.1, 0.15) is 0 Å². The van der Waals surface area contributed by atoms with Gasteiger partial charge in [0, 0.05) is 39.8 Å². The molecule has 4 rings (SSSR count). The molecule has 240 valence electrons. The third-order valence-corrected chi connectivity index (χ3v) is 12.2. The summed E-state index contributed by atoms with van der Waals surface area (Å²) in [7, 11) is 0. The van der Waals surface area contributed by atoms with Gasteiger partial charge >= 0.3 is 0 Å². The van der Waals surface area contributed by atoms with Crippen LogP contribution in [0.4, 0.5) is 0 Å². The predicted octanol–water partition coefficient (Wildman–Crippen LogP) is 8.78. The van der Waals surface area contributed by atoms with E-state index in [2.05, 4.69) is 57.8 Å². The van der Waals surface area contributed by atoms with Gasteiger partial charge in [-0.25, -0.2) is 0 Å². The third-order valence-electron chi connectivity index (χ3n) is 12.2. The molecule has 43 heavy (non-hydrogen) atoms. The summed E-state index contributed by atoms with van der Waals surface area (Å²) >= 11 is 0. The molecular weight excluding hydrogens is 546 g/mol. The monoisotopic (exact) mass is 599 g/mol. The van der Waals surface area contributed by atoms with E-state index in [0.717, 1.165) is 32.1 Å². The zero-order valence-corrected chi connectivity index (χ0v) is 26.8. The Morgan fingerprint density at radius 3 is 2.12 bits per heavy atom. The number of ether oxygens (including phenoxy) is 3. The Morgan fingerprint density at radius 2 is 1.47 bits per heavy atom. The standard InChI is InChI=1S/C31H53N9O3/c1-5-6-7-21(2)24-8-9-25-29-26(20-28(31(24,25)4)43-17-14-37-40-34)30(3)11-10-23(41-15-12-35-38-32)18-22(30)19-27(29)42-16-13-36-39-33/h21-29H,5-20H2,1-4H3/t21-,22?,23-,24-,25+,26+,27-,28+,29?,30+,31-/m1/s1. The molecular formula is C31H53N9O3. The minimum absolute atomic E-state index is 0.0296. The highest BCUT2D eigenvalue weighted by Crippen LogP contribution is 2.69. The molecule has 2 unspecified atom stereocenters. The normalized spacial score (nSPS) is 38.8. The van der Waals surface area contributed by atoms with Gasteiger partial charge in [-0.05, 0) is 102 Å². The molecule has 4 aliphatic rings. The number of fused-ring (bicyclic) bond motifs is 5. The maximum atomic E-state index is 8.89. The zero-order valence-electron chi connectivity index (χ0n) is 26.8. The van der Waals surface area contributed by atoms with Crippen molar-refractivity contribution in [3.63, 3.8) is 0 Å². The van der Waals surface area contributed by atoms with Crippen molar-refractivity contribution in [2.24, 2.45) is 61.7 Å². The number of unbranched alkanes of at least 4 members (excludes halogenated alkanes) is 1. The van der Waals surface area contributed by atoms with E-state index >= 15 is 0 Å². The first kappa shape index (κ1) is 33.7. The minimum atomic E-state index is 0.0296. The van der Waals surface area contributed by atoms with Crippen LogP contribution in [0.3, 0.4) is 0 Å². The molecule has 12 heteroatoms. The summed E-state index contributed by atoms with van der Waals surface area (Å²) in [4.78, 5) is 8.77. The number of rotatable bonds is 16. The lowest BCUT2D eigenvalue weighted by molar-refractivity contribution is -0.226. The first-order valence-electron chi connectivity index (χ1n) is 16.7. The summed E-state index contributed by atoms with van der Waals surface area (Å²) < 4.78 is 19.7. The van der Waals surface area contributed by atoms with E-state index < -0.39 is 0 Å². The molecule has 0 N–H and O–H groups in total. The van der Waals surface area contributed by atoms with Crippen LogP contribution < -0.4 is 0 Å². The fourth-order valence-electron chi connectivity index (χ4n) is 10.2. The van der Waals surface area contributed by atoms with Crippen molar-refractivity contribution in [1.29, 1.82) is 0 Å². The van der Waals surface area contributed by atoms with E-state index in [9.17, 15) is 0 Å². The van der Waals surface area contributed by atoms with Crippen molar-refractivity contribution >= 4 is 0 Å². The summed E-state index contributed by atoms with van der Waals surface area (Å²) in [5.41, 5.74) is 26.6. The van der Waals surface area contributed by atoms with Gasteiger partial charge in [0.2, 0.25) is 0 Å². The van der Waals surface area contributed by atoms with E-state index in [1.165, 1.54) is 32.1 Å². The number of hydrogen-bond acceptors (Lipinski definition) is 6. The molecule has 4 fully saturated rings. The number of nitrogens with zero attached hydrogens (tertiary/aromatic N) is 9. The Labute approximate surface area is 256 Å². The quantitative estimate of drug-likeness (QED) is 0.0747. The fraction of sp³-hybridized carbons (Fsp3) is 1.00. The van der Waals surface area contributed by atoms with Gasteiger partial charge in [-0.15, -0.1) is 0 Å². The SMILES string of the molecule is CCCC[C@@H](C)[C@H]1CC[C@H]2C3[C@H](OCCN=[N+]=[N-])CC4C[C@H](OCCN=[N+]=[N-])CC[C@]4(C)[C@H]3C[C@H](OCCN=[N+]=[N-])[C@]12C. The first-order valence-corrected chi connectivity index (χ1v) is 16.7. The molecule has 4 aliphatic carbocycles. The van der Waals surface area contributed by atoms with Gasteiger partial charge in [0.15, 0.2) is 0 Å². The second-order valence-corrected chi connectivity index (χ2v) is 14.0. The topological polar surface area (TPSA) is 174 Å². The van der Waals surface area contributed by atoms with Crippen molar-refractivity contribution in [3.05, 3.63) is 31.3 Å². The molecule has 0 aromatic heterocycles. The van der Waals surface area contributed by atoms with E-state index in [4.69, 9.17) is 30.8 Å². The van der Waals surface area contributed by atoms with Crippen molar-refractivity contribution in [1.82, 2.24) is 0 Å². The van der Waals surface area contributed by atoms with E-state index in [1.807, 2.05) is 0 Å². The van der Waals surface area contributed by atoms with Crippen LogP contribution in [0.1, 0.15) is 91.9 Å². The number of hydrogen-bond donors (Lipinski definition) is 0. The second-order valence-electron chi connectivity index (χ2n) is 14.0. The van der Waals surface area contributed by atoms with Crippen LogP contribution in [0, 0.1) is 46.3 Å². The van der Waals surface area contributed by atoms with Gasteiger partial charge in [0.25, 0.3) is 0 Å². The third kappa shape index (κ3) is 7.22. The Morgan fingerprint density at radius 1 is 0.814 bits per heavy atom. The highest BCUT2D eigenvalue weighted by molar-refractivity contribution is 5.15. The van der Waals surface area contributed by atoms with Crippen LogP contribution in [0.2, 0.25) is 0 Å². The zero-order chi connectivity index (χ0) is 30.9. The van der Waals surface area contributed by atoms with Gasteiger partial charge in [-0.1, -0.05) is 62.3 Å². The predicted molar refractivity (Wildman–Crippen MR) is 166 cm³/mol. The largest absolute Gasteiger partial charge is 0.378 e. The fourth-order valence-corrected chi connectivity index (χ4v) is 10.2. The highest BCUT2D eigenvalue weighted by atomic mass is 16.5. The highest BCUT2D eigenvalue weighted by Gasteiger charge is 2.66. The first-order chi connectivity index (χ1) is 20.8. The molecule has 0 aliphatic heterocycles. The maximum absolute atomic E-state index is 8.89. The lowest BCUT2D eigenvalue weighted by Gasteiger charge is -2.64. The molecule has 0 radical (unpaired) electrons. The molecule has 0 aromatic rings. The molecule has 0 saturated heterocycles. The van der Waals surface area contributed by atoms with Crippen LogP contribution in [0.15, 0.2) is 15.3 Å². The van der Waals surface area contributed by atoms with E-state index in [1.54, 1.807) is 0 Å². The van der Waals surface area contributed by atoms with E-state index in [-0.39, 0.29) is 29.1 Å². The van der Waals surface area contributed by atoms with Crippen molar-refractivity contribution in [2.75, 3.05) is 39.5 Å². The van der Waals surface area contributed by atoms with Gasteiger partial charge in [-0.3, -0.25) is 0 Å². The van der Waals surface area contributed by atoms with Crippen LogP contribution >= 0.6 is 0 Å². The number of azide groups is 3. The Balaban J connectivity index is 1.65. The lowest BCUT2D eigenvalue weighted by atomic mass is 9.43. The van der Waals surface area contributed by atoms with Crippen LogP contribution in [0.25, 0.3) is 31.3 Å². The molecule has 11 atom stereocenters. The molecule has 0 bridgehead atoms. The Kier molecular flexibility index (Phi) is 12.3. The van der Waals surface area contributed by atoms with Gasteiger partial charge in [-0.2, -0.15) is 0 Å². The molecule has 4 saturated carbocycles. The lowest BCUT2D eigenvalue weighted by Crippen LogP contribution is -2.63. The summed E-state index contributed by atoms with van der Waals surface area (Å²) in [5, 5.41) is 11.2. The average molecular weight is 600 g/mol. The summed E-state index contributed by atoms with van der Waals surface area (Å²) in [5.74, 6) is 3.04. The summed E-state index contributed by atoms with van der Waals surface area (Å²) in [6.07, 6.45) is 11.6. The molecule has 0 spiro atoms. The Hall–Kier alpha value is -2.19. The average Bonchev–Trinajstić information content (AvgIpc) is 3.37. The molecule has 0 amide bonds. The maximum Gasteiger partial charge on any atom is 0.0637 e. The molecule has 0 heterocycles. The minimum Gasteiger partial charge on any atom is -0.378 e. The van der Waals surface area contributed by atoms with Crippen LogP contribution in [0.5, 0.6) is 0 Å². The molecule has 0 aromatic carbocycles. The molecule has 12 nitrogen and oxygen atoms in total. The van der Waals surface area contributed by atoms with Crippen molar-refractivity contribution in [2.45, 2.75) is 110 Å². The second kappa shape index (κ2) is 15.7. The summed E-state index contributed by atoms with van der Waals surface area (Å²) in [6, 6.07) is 0. The van der Waals surface area contributed by atoms with Gasteiger partial charge < -0.3 is 14.2 Å².